The Morgan fingerprint density at radius 1 is 1.40 bits per heavy atom. The largest absolute Gasteiger partial charge is 0.485 e. The minimum atomic E-state index is 0.280. The third-order valence-corrected chi connectivity index (χ3v) is 2.46. The lowest BCUT2D eigenvalue weighted by molar-refractivity contribution is 0.0233. The molecule has 82 valence electrons. The topological polar surface area (TPSA) is 47.5 Å². The van der Waals surface area contributed by atoms with E-state index in [2.05, 4.69) is 21.8 Å². The van der Waals surface area contributed by atoms with E-state index in [0.717, 1.165) is 19.6 Å². The Balaban J connectivity index is 1.84. The maximum Gasteiger partial charge on any atom is 0.316 e. The van der Waals surface area contributed by atoms with Gasteiger partial charge in [-0.3, -0.25) is 4.90 Å². The molecule has 1 aromatic heterocycles. The smallest absolute Gasteiger partial charge is 0.316 e. The predicted octanol–water partition coefficient (Wildman–Crippen LogP) is 0.568. The van der Waals surface area contributed by atoms with Gasteiger partial charge in [-0.25, -0.2) is 0 Å². The normalized spacial score (nSPS) is 17.2. The Bertz CT molecular complexity index is 309. The summed E-state index contributed by atoms with van der Waals surface area (Å²) in [5.74, 6) is 0.705. The van der Waals surface area contributed by atoms with E-state index in [0.29, 0.717) is 11.8 Å². The number of aromatic nitrogens is 2. The molecule has 5 nitrogen and oxygen atoms in total. The molecular formula is C10H15N3O2. The fraction of sp³-hybridized carbons (Fsp3) is 0.600. The van der Waals surface area contributed by atoms with Crippen LogP contribution in [0, 0.1) is 0 Å². The van der Waals surface area contributed by atoms with Gasteiger partial charge in [0.15, 0.2) is 5.75 Å². The molecule has 2 heterocycles. The van der Waals surface area contributed by atoms with Crippen LogP contribution in [-0.4, -0.2) is 47.7 Å². The van der Waals surface area contributed by atoms with Crippen molar-refractivity contribution in [3.63, 3.8) is 0 Å². The van der Waals surface area contributed by atoms with Gasteiger partial charge < -0.3 is 9.47 Å². The SMILES string of the molecule is CCN1CC(Oc2cnc(OC)nc2)C1. The Morgan fingerprint density at radius 2 is 2.07 bits per heavy atom. The maximum atomic E-state index is 5.66. The minimum absolute atomic E-state index is 0.280. The zero-order valence-corrected chi connectivity index (χ0v) is 9.01. The number of likely N-dealkylation sites (tertiary alicyclic amines) is 1. The molecule has 1 saturated heterocycles. The van der Waals surface area contributed by atoms with E-state index >= 15 is 0 Å². The van der Waals surface area contributed by atoms with Crippen molar-refractivity contribution in [2.45, 2.75) is 13.0 Å². The van der Waals surface area contributed by atoms with Gasteiger partial charge in [0.25, 0.3) is 0 Å². The summed E-state index contributed by atoms with van der Waals surface area (Å²) >= 11 is 0. The standard InChI is InChI=1S/C10H15N3O2/c1-3-13-6-9(7-13)15-8-4-11-10(14-2)12-5-8/h4-5,9H,3,6-7H2,1-2H3. The number of hydrogen-bond donors (Lipinski definition) is 0. The highest BCUT2D eigenvalue weighted by molar-refractivity contribution is 5.15. The highest BCUT2D eigenvalue weighted by Gasteiger charge is 2.26. The number of ether oxygens (including phenoxy) is 2. The quantitative estimate of drug-likeness (QED) is 0.725. The van der Waals surface area contributed by atoms with Gasteiger partial charge in [-0.2, -0.15) is 9.97 Å². The summed E-state index contributed by atoms with van der Waals surface area (Å²) in [6.45, 7) is 5.21. The van der Waals surface area contributed by atoms with Crippen molar-refractivity contribution >= 4 is 0 Å². The molecule has 0 saturated carbocycles. The van der Waals surface area contributed by atoms with E-state index in [1.165, 1.54) is 0 Å². The summed E-state index contributed by atoms with van der Waals surface area (Å²) in [6, 6.07) is 0.367. The summed E-state index contributed by atoms with van der Waals surface area (Å²) in [6.07, 6.45) is 3.56. The van der Waals surface area contributed by atoms with Gasteiger partial charge in [0.1, 0.15) is 6.10 Å². The van der Waals surface area contributed by atoms with Crippen LogP contribution >= 0.6 is 0 Å². The molecule has 15 heavy (non-hydrogen) atoms. The van der Waals surface area contributed by atoms with Gasteiger partial charge in [-0.15, -0.1) is 0 Å². The van der Waals surface area contributed by atoms with Gasteiger partial charge >= 0.3 is 6.01 Å². The van der Waals surface area contributed by atoms with Gasteiger partial charge in [-0.05, 0) is 6.54 Å². The van der Waals surface area contributed by atoms with Crippen molar-refractivity contribution in [2.24, 2.45) is 0 Å². The molecule has 0 unspecified atom stereocenters. The molecule has 1 aliphatic heterocycles. The summed E-state index contributed by atoms with van der Waals surface area (Å²) in [5.41, 5.74) is 0. The zero-order chi connectivity index (χ0) is 10.7. The van der Waals surface area contributed by atoms with E-state index in [1.807, 2.05) is 0 Å². The maximum absolute atomic E-state index is 5.66. The Hall–Kier alpha value is -1.36. The van der Waals surface area contributed by atoms with Crippen LogP contribution in [0.15, 0.2) is 12.4 Å². The Labute approximate surface area is 89.0 Å². The van der Waals surface area contributed by atoms with Crippen molar-refractivity contribution in [2.75, 3.05) is 26.7 Å². The number of hydrogen-bond acceptors (Lipinski definition) is 5. The molecule has 0 bridgehead atoms. The fourth-order valence-corrected chi connectivity index (χ4v) is 1.52. The second-order valence-corrected chi connectivity index (χ2v) is 3.50. The van der Waals surface area contributed by atoms with Crippen LogP contribution in [0.2, 0.25) is 0 Å². The molecule has 1 fully saturated rings. The van der Waals surface area contributed by atoms with E-state index in [1.54, 1.807) is 19.5 Å². The first kappa shape index (κ1) is 10.2. The van der Waals surface area contributed by atoms with E-state index in [4.69, 9.17) is 9.47 Å². The van der Waals surface area contributed by atoms with Crippen LogP contribution in [0.5, 0.6) is 11.8 Å². The lowest BCUT2D eigenvalue weighted by Gasteiger charge is -2.37. The van der Waals surface area contributed by atoms with Crippen molar-refractivity contribution in [3.05, 3.63) is 12.4 Å². The van der Waals surface area contributed by atoms with Crippen LogP contribution in [0.25, 0.3) is 0 Å². The highest BCUT2D eigenvalue weighted by atomic mass is 16.5. The van der Waals surface area contributed by atoms with Crippen molar-refractivity contribution in [3.8, 4) is 11.8 Å². The van der Waals surface area contributed by atoms with Gasteiger partial charge in [0, 0.05) is 13.1 Å². The predicted molar refractivity (Wildman–Crippen MR) is 55.1 cm³/mol. The van der Waals surface area contributed by atoms with Gasteiger partial charge in [0.05, 0.1) is 19.5 Å². The molecule has 0 aromatic carbocycles. The first-order valence-electron chi connectivity index (χ1n) is 5.07. The van der Waals surface area contributed by atoms with Crippen LogP contribution in [0.4, 0.5) is 0 Å². The number of nitrogens with zero attached hydrogens (tertiary/aromatic N) is 3. The van der Waals surface area contributed by atoms with Crippen LogP contribution < -0.4 is 9.47 Å². The number of likely N-dealkylation sites (N-methyl/N-ethyl adjacent to an activating group) is 1. The zero-order valence-electron chi connectivity index (χ0n) is 9.01. The molecule has 0 atom stereocenters. The average molecular weight is 209 g/mol. The molecule has 0 spiro atoms. The van der Waals surface area contributed by atoms with Crippen LogP contribution in [-0.2, 0) is 0 Å². The van der Waals surface area contributed by atoms with Crippen molar-refractivity contribution in [1.82, 2.24) is 14.9 Å². The Kier molecular flexibility index (Phi) is 3.01. The third kappa shape index (κ3) is 2.36. The molecule has 0 N–H and O–H groups in total. The van der Waals surface area contributed by atoms with Crippen LogP contribution in [0.3, 0.4) is 0 Å². The second-order valence-electron chi connectivity index (χ2n) is 3.50. The van der Waals surface area contributed by atoms with Gasteiger partial charge in [-0.1, -0.05) is 6.92 Å². The second kappa shape index (κ2) is 4.44. The van der Waals surface area contributed by atoms with Crippen molar-refractivity contribution in [1.29, 1.82) is 0 Å². The molecule has 1 aromatic rings. The van der Waals surface area contributed by atoms with Crippen molar-refractivity contribution < 1.29 is 9.47 Å². The molecule has 0 aliphatic carbocycles. The minimum Gasteiger partial charge on any atom is -0.485 e. The van der Waals surface area contributed by atoms with Crippen LogP contribution in [0.1, 0.15) is 6.92 Å². The molecule has 5 heteroatoms. The molecule has 0 amide bonds. The first-order valence-corrected chi connectivity index (χ1v) is 5.07. The van der Waals surface area contributed by atoms with E-state index < -0.39 is 0 Å². The van der Waals surface area contributed by atoms with E-state index in [9.17, 15) is 0 Å². The summed E-state index contributed by atoms with van der Waals surface area (Å²) in [7, 11) is 1.54. The summed E-state index contributed by atoms with van der Waals surface area (Å²) in [5, 5.41) is 0. The highest BCUT2D eigenvalue weighted by Crippen LogP contribution is 2.16. The van der Waals surface area contributed by atoms with Gasteiger partial charge in [0.2, 0.25) is 0 Å². The molecular weight excluding hydrogens is 194 g/mol. The summed E-state index contributed by atoms with van der Waals surface area (Å²) < 4.78 is 10.5. The lowest BCUT2D eigenvalue weighted by Crippen LogP contribution is -2.53. The summed E-state index contributed by atoms with van der Waals surface area (Å²) in [4.78, 5) is 10.3. The molecule has 0 radical (unpaired) electrons. The average Bonchev–Trinajstić information content (AvgIpc) is 2.23. The molecule has 2 rings (SSSR count). The first-order chi connectivity index (χ1) is 7.31. The monoisotopic (exact) mass is 209 g/mol. The number of rotatable bonds is 4. The lowest BCUT2D eigenvalue weighted by atomic mass is 10.2. The fourth-order valence-electron chi connectivity index (χ4n) is 1.52. The van der Waals surface area contributed by atoms with E-state index in [-0.39, 0.29) is 6.10 Å². The molecule has 1 aliphatic rings. The number of methoxy groups -OCH3 is 1. The Morgan fingerprint density at radius 3 is 2.60 bits per heavy atom. The third-order valence-electron chi connectivity index (χ3n) is 2.46.